The van der Waals surface area contributed by atoms with E-state index in [2.05, 4.69) is 10.6 Å². The first kappa shape index (κ1) is 10.5. The van der Waals surface area contributed by atoms with E-state index in [0.29, 0.717) is 34.9 Å². The van der Waals surface area contributed by atoms with E-state index in [9.17, 15) is 10.4 Å². The number of hydrogen-bond donors (Lipinski definition) is 3. The smallest absolute Gasteiger partial charge is 0.344 e. The molecular weight excluding hydrogens is 212 g/mol. The zero-order chi connectivity index (χ0) is 11.7. The van der Waals surface area contributed by atoms with E-state index in [4.69, 9.17) is 4.52 Å². The number of aromatic nitrogens is 2. The van der Waals surface area contributed by atoms with Crippen molar-refractivity contribution in [2.75, 3.05) is 23.7 Å². The van der Waals surface area contributed by atoms with Crippen LogP contribution in [-0.4, -0.2) is 23.0 Å². The molecule has 88 valence electrons. The van der Waals surface area contributed by atoms with Crippen molar-refractivity contribution in [1.29, 1.82) is 0 Å². The molecule has 0 amide bonds. The molecule has 0 bridgehead atoms. The van der Waals surface area contributed by atoms with Gasteiger partial charge in [0.2, 0.25) is 0 Å². The van der Waals surface area contributed by atoms with E-state index in [1.165, 1.54) is 0 Å². The minimum absolute atomic E-state index is 0.212. The molecule has 7 heteroatoms. The molecule has 0 aliphatic carbocycles. The van der Waals surface area contributed by atoms with Crippen molar-refractivity contribution in [1.82, 2.24) is 4.73 Å². The second-order valence-corrected chi connectivity index (χ2v) is 3.31. The zero-order valence-electron chi connectivity index (χ0n) is 9.15. The normalized spacial score (nSPS) is 10.9. The van der Waals surface area contributed by atoms with Crippen molar-refractivity contribution in [3.8, 4) is 0 Å². The van der Waals surface area contributed by atoms with Gasteiger partial charge in [0.1, 0.15) is 5.82 Å². The van der Waals surface area contributed by atoms with Crippen molar-refractivity contribution in [2.24, 2.45) is 0 Å². The molecule has 0 aliphatic heterocycles. The van der Waals surface area contributed by atoms with E-state index < -0.39 is 0 Å². The van der Waals surface area contributed by atoms with E-state index in [0.717, 1.165) is 4.73 Å². The Balaban J connectivity index is 2.56. The molecule has 0 unspecified atom stereocenters. The lowest BCUT2D eigenvalue weighted by atomic mass is 10.4. The average Bonchev–Trinajstić information content (AvgIpc) is 2.69. The second-order valence-electron chi connectivity index (χ2n) is 3.31. The summed E-state index contributed by atoms with van der Waals surface area (Å²) in [5.74, 6) is 0.708. The Morgan fingerprint density at radius 2 is 2.12 bits per heavy atom. The number of hydrogen-bond acceptors (Lipinski definition) is 5. The Hall–Kier alpha value is -2.05. The summed E-state index contributed by atoms with van der Waals surface area (Å²) in [6, 6.07) is 1.58. The highest BCUT2D eigenvalue weighted by Crippen LogP contribution is 2.26. The lowest BCUT2D eigenvalue weighted by Crippen LogP contribution is -2.27. The summed E-state index contributed by atoms with van der Waals surface area (Å²) >= 11 is 0. The van der Waals surface area contributed by atoms with Crippen LogP contribution in [0.5, 0.6) is 0 Å². The van der Waals surface area contributed by atoms with Crippen molar-refractivity contribution in [2.45, 2.75) is 13.8 Å². The first-order chi connectivity index (χ1) is 7.69. The number of rotatable bonds is 4. The average molecular weight is 226 g/mol. The summed E-state index contributed by atoms with van der Waals surface area (Å²) in [6.45, 7) is 5.00. The molecule has 3 N–H and O–H groups in total. The van der Waals surface area contributed by atoms with Gasteiger partial charge in [0.25, 0.3) is 0 Å². The molecule has 0 fully saturated rings. The standard InChI is InChI=1S/C9H14N4O3/c1-3-10-7-5-6-8(12(7)14)9(11-4-2)13(15)16-6/h5,10-11,14H,3-4H2,1-2H3. The highest BCUT2D eigenvalue weighted by Gasteiger charge is 2.20. The van der Waals surface area contributed by atoms with Gasteiger partial charge in [-0.3, -0.25) is 5.32 Å². The topological polar surface area (TPSA) is 89.3 Å². The molecule has 2 aromatic rings. The molecule has 0 aromatic carbocycles. The maximum atomic E-state index is 11.4. The fourth-order valence-electron chi connectivity index (χ4n) is 1.61. The van der Waals surface area contributed by atoms with Crippen LogP contribution in [0.3, 0.4) is 0 Å². The Labute approximate surface area is 91.8 Å². The molecule has 2 aromatic heterocycles. The van der Waals surface area contributed by atoms with Gasteiger partial charge >= 0.3 is 5.82 Å². The van der Waals surface area contributed by atoms with Crippen molar-refractivity contribution < 1.29 is 14.6 Å². The fraction of sp³-hybridized carbons (Fsp3) is 0.444. The molecule has 16 heavy (non-hydrogen) atoms. The van der Waals surface area contributed by atoms with Crippen LogP contribution >= 0.6 is 0 Å². The molecule has 0 saturated carbocycles. The minimum Gasteiger partial charge on any atom is -0.438 e. The fourth-order valence-corrected chi connectivity index (χ4v) is 1.61. The Morgan fingerprint density at radius 3 is 2.75 bits per heavy atom. The summed E-state index contributed by atoms with van der Waals surface area (Å²) < 4.78 is 5.85. The first-order valence-electron chi connectivity index (χ1n) is 5.14. The van der Waals surface area contributed by atoms with Crippen LogP contribution in [0.2, 0.25) is 0 Å². The molecule has 2 heterocycles. The highest BCUT2D eigenvalue weighted by atomic mass is 16.7. The maximum absolute atomic E-state index is 11.4. The Kier molecular flexibility index (Phi) is 2.51. The molecule has 0 saturated heterocycles. The zero-order valence-corrected chi connectivity index (χ0v) is 9.15. The van der Waals surface area contributed by atoms with Crippen molar-refractivity contribution >= 4 is 22.7 Å². The number of anilines is 2. The third kappa shape index (κ3) is 1.40. The van der Waals surface area contributed by atoms with Crippen molar-refractivity contribution in [3.05, 3.63) is 11.3 Å². The van der Waals surface area contributed by atoms with Gasteiger partial charge in [-0.1, -0.05) is 0 Å². The van der Waals surface area contributed by atoms with Crippen molar-refractivity contribution in [3.63, 3.8) is 0 Å². The van der Waals surface area contributed by atoms with Gasteiger partial charge in [0.15, 0.2) is 5.52 Å². The summed E-state index contributed by atoms with van der Waals surface area (Å²) in [7, 11) is 0. The Bertz CT molecular complexity index is 502. The molecule has 7 nitrogen and oxygen atoms in total. The molecule has 0 atom stereocenters. The second kappa shape index (κ2) is 3.84. The summed E-state index contributed by atoms with van der Waals surface area (Å²) in [6.07, 6.45) is 0. The van der Waals surface area contributed by atoms with Gasteiger partial charge < -0.3 is 20.3 Å². The highest BCUT2D eigenvalue weighted by molar-refractivity contribution is 5.87. The third-order valence-corrected chi connectivity index (χ3v) is 2.23. The van der Waals surface area contributed by atoms with Gasteiger partial charge in [0, 0.05) is 12.6 Å². The summed E-state index contributed by atoms with van der Waals surface area (Å²) in [4.78, 5) is 0.358. The molecule has 0 spiro atoms. The van der Waals surface area contributed by atoms with Crippen LogP contribution in [0.4, 0.5) is 11.6 Å². The van der Waals surface area contributed by atoms with E-state index in [1.54, 1.807) is 6.07 Å². The summed E-state index contributed by atoms with van der Waals surface area (Å²) in [5.41, 5.74) is 0.678. The van der Waals surface area contributed by atoms with E-state index >= 15 is 0 Å². The third-order valence-electron chi connectivity index (χ3n) is 2.23. The van der Waals surface area contributed by atoms with Gasteiger partial charge in [-0.2, -0.15) is 4.73 Å². The Morgan fingerprint density at radius 1 is 1.44 bits per heavy atom. The van der Waals surface area contributed by atoms with Crippen LogP contribution in [0, 0.1) is 5.21 Å². The molecule has 2 rings (SSSR count). The lowest BCUT2D eigenvalue weighted by Gasteiger charge is -2.03. The monoisotopic (exact) mass is 226 g/mol. The van der Waals surface area contributed by atoms with Gasteiger partial charge in [-0.25, -0.2) is 0 Å². The minimum atomic E-state index is 0.212. The lowest BCUT2D eigenvalue weighted by molar-refractivity contribution is -0.776. The predicted molar refractivity (Wildman–Crippen MR) is 58.7 cm³/mol. The van der Waals surface area contributed by atoms with E-state index in [-0.39, 0.29) is 5.82 Å². The summed E-state index contributed by atoms with van der Waals surface area (Å²) in [5, 5.41) is 27.0. The molecule has 0 aliphatic rings. The van der Waals surface area contributed by atoms with Crippen LogP contribution in [0.25, 0.3) is 11.1 Å². The van der Waals surface area contributed by atoms with Gasteiger partial charge in [-0.05, 0) is 18.8 Å². The molecule has 0 radical (unpaired) electrons. The largest absolute Gasteiger partial charge is 0.438 e. The SMILES string of the molecule is CCNc1cc2o[n+]([O-])c(NCC)c2n1O. The first-order valence-corrected chi connectivity index (χ1v) is 5.14. The van der Waals surface area contributed by atoms with Crippen LogP contribution in [0.15, 0.2) is 10.6 Å². The van der Waals surface area contributed by atoms with Crippen LogP contribution in [-0.2, 0) is 0 Å². The molecular formula is C9H14N4O3. The van der Waals surface area contributed by atoms with Gasteiger partial charge in [0.05, 0.1) is 12.1 Å². The number of fused-ring (bicyclic) bond motifs is 1. The van der Waals surface area contributed by atoms with E-state index in [1.807, 2.05) is 13.8 Å². The number of nitrogens with zero attached hydrogens (tertiary/aromatic N) is 2. The van der Waals surface area contributed by atoms with Crippen LogP contribution in [0.1, 0.15) is 13.8 Å². The number of nitrogens with one attached hydrogen (secondary N) is 2. The van der Waals surface area contributed by atoms with Gasteiger partial charge in [-0.15, -0.1) is 0 Å². The predicted octanol–water partition coefficient (Wildman–Crippen LogP) is 0.969. The van der Waals surface area contributed by atoms with Crippen LogP contribution < -0.4 is 15.5 Å². The maximum Gasteiger partial charge on any atom is 0.344 e. The quantitative estimate of drug-likeness (QED) is 0.534.